The normalized spacial score (nSPS) is 12.5. The molecule has 0 aliphatic carbocycles. The lowest BCUT2D eigenvalue weighted by molar-refractivity contribution is 0.536. The van der Waals surface area contributed by atoms with Gasteiger partial charge in [0.1, 0.15) is 0 Å². The summed E-state index contributed by atoms with van der Waals surface area (Å²) in [6.07, 6.45) is 50.6. The third-order valence-electron chi connectivity index (χ3n) is 15.7. The second-order valence-corrected chi connectivity index (χ2v) is 21.9. The maximum Gasteiger partial charge on any atom is 0.0316 e. The van der Waals surface area contributed by atoms with Crippen molar-refractivity contribution in [2.24, 2.45) is 0 Å². The highest BCUT2D eigenvalue weighted by Crippen LogP contribution is 2.35. The Hall–Kier alpha value is -3.52. The molecule has 0 aromatic heterocycles. The number of anilines is 2. The molecule has 0 fully saturated rings. The van der Waals surface area contributed by atoms with Crippen molar-refractivity contribution >= 4 is 11.4 Å². The van der Waals surface area contributed by atoms with Gasteiger partial charge in [-0.1, -0.05) is 274 Å². The molecule has 4 aromatic rings. The summed E-state index contributed by atoms with van der Waals surface area (Å²) in [5, 5.41) is 0. The Balaban J connectivity index is 1.02. The zero-order valence-electron chi connectivity index (χ0n) is 45.6. The fourth-order valence-electron chi connectivity index (χ4n) is 11.3. The van der Waals surface area contributed by atoms with Crippen molar-refractivity contribution in [1.29, 1.82) is 0 Å². The van der Waals surface area contributed by atoms with Gasteiger partial charge in [0.15, 0.2) is 0 Å². The largest absolute Gasteiger partial charge is 0.399 e. The first-order valence-corrected chi connectivity index (χ1v) is 29.8. The van der Waals surface area contributed by atoms with E-state index in [0.717, 1.165) is 11.4 Å². The van der Waals surface area contributed by atoms with Gasteiger partial charge in [-0.25, -0.2) is 0 Å². The zero-order valence-corrected chi connectivity index (χ0v) is 45.6. The quantitative estimate of drug-likeness (QED) is 0.0344. The van der Waals surface area contributed by atoms with E-state index in [1.807, 2.05) is 0 Å². The minimum Gasteiger partial charge on any atom is -0.399 e. The lowest BCUT2D eigenvalue weighted by Gasteiger charge is -2.21. The molecule has 2 atom stereocenters. The second-order valence-electron chi connectivity index (χ2n) is 21.9. The predicted molar refractivity (Wildman–Crippen MR) is 308 cm³/mol. The highest BCUT2D eigenvalue weighted by Gasteiger charge is 2.18. The van der Waals surface area contributed by atoms with Crippen LogP contribution in [0.4, 0.5) is 11.4 Å². The van der Waals surface area contributed by atoms with Crippen LogP contribution >= 0.6 is 0 Å². The number of benzene rings is 4. The van der Waals surface area contributed by atoms with Gasteiger partial charge in [0.2, 0.25) is 0 Å². The third-order valence-corrected chi connectivity index (χ3v) is 15.7. The van der Waals surface area contributed by atoms with Crippen molar-refractivity contribution in [2.75, 3.05) is 11.5 Å². The summed E-state index contributed by atoms with van der Waals surface area (Å²) in [6.45, 7) is 9.10. The van der Waals surface area contributed by atoms with Crippen molar-refractivity contribution in [3.63, 3.8) is 0 Å². The molecule has 2 heteroatoms. The highest BCUT2D eigenvalue weighted by atomic mass is 14.5. The molecule has 0 bridgehead atoms. The van der Waals surface area contributed by atoms with Gasteiger partial charge >= 0.3 is 0 Å². The summed E-state index contributed by atoms with van der Waals surface area (Å²) in [5.74, 6) is 0.923. The van der Waals surface area contributed by atoms with Crippen LogP contribution in [0, 0.1) is 13.8 Å². The molecular weight excluding hydrogens is 833 g/mol. The molecular formula is C67H106N2. The van der Waals surface area contributed by atoms with E-state index < -0.39 is 0 Å². The van der Waals surface area contributed by atoms with Crippen LogP contribution in [0.25, 0.3) is 0 Å². The molecule has 4 aromatic carbocycles. The van der Waals surface area contributed by atoms with E-state index >= 15 is 0 Å². The van der Waals surface area contributed by atoms with Crippen LogP contribution in [-0.4, -0.2) is 0 Å². The molecule has 0 amide bonds. The Kier molecular flexibility index (Phi) is 31.4. The van der Waals surface area contributed by atoms with E-state index in [4.69, 9.17) is 11.5 Å². The first-order chi connectivity index (χ1) is 33.9. The molecule has 4 rings (SSSR count). The SMILES string of the molecule is CCCCCCCCCCCCC(c1ccc(CCCCCCCCCCCCCCCc2ccc(C(CCCCCCCCCCCC)c3ccc(N)cc3C)cc2)cc1)c1ccc(N)cc1C. The van der Waals surface area contributed by atoms with Gasteiger partial charge in [-0.2, -0.15) is 0 Å². The molecule has 0 heterocycles. The molecule has 4 N–H and O–H groups in total. The molecule has 0 radical (unpaired) electrons. The number of aryl methyl sites for hydroxylation is 4. The molecule has 69 heavy (non-hydrogen) atoms. The van der Waals surface area contributed by atoms with Crippen molar-refractivity contribution in [2.45, 2.75) is 277 Å². The molecule has 0 saturated heterocycles. The van der Waals surface area contributed by atoms with Gasteiger partial charge in [0, 0.05) is 23.2 Å². The van der Waals surface area contributed by atoms with Crippen LogP contribution in [0.5, 0.6) is 0 Å². The Morgan fingerprint density at radius 2 is 0.565 bits per heavy atom. The lowest BCUT2D eigenvalue weighted by Crippen LogP contribution is -2.05. The standard InChI is InChI=1S/C67H106N2/c1-5-7-9-11-13-15-24-28-32-36-40-66(64-52-50-62(68)54-56(64)3)60-46-42-58(43-47-60)38-34-30-26-22-20-18-17-19-21-23-27-31-35-39-59-44-48-61(49-45-59)67(65-53-51-63(69)55-57(65)4)41-37-33-29-25-16-14-12-10-8-6-2/h42-55,66-67H,5-41,68-69H2,1-4H3. The first kappa shape index (κ1) is 58.1. The number of unbranched alkanes of at least 4 members (excludes halogenated alkanes) is 30. The van der Waals surface area contributed by atoms with Crippen LogP contribution in [0.1, 0.15) is 295 Å². The molecule has 0 aliphatic rings. The van der Waals surface area contributed by atoms with E-state index in [0.29, 0.717) is 11.8 Å². The summed E-state index contributed by atoms with van der Waals surface area (Å²) in [5.41, 5.74) is 25.6. The van der Waals surface area contributed by atoms with Crippen LogP contribution in [-0.2, 0) is 12.8 Å². The highest BCUT2D eigenvalue weighted by molar-refractivity contribution is 5.49. The van der Waals surface area contributed by atoms with Crippen LogP contribution < -0.4 is 11.5 Å². The maximum absolute atomic E-state index is 6.17. The Bertz CT molecular complexity index is 1700. The molecule has 2 unspecified atom stereocenters. The van der Waals surface area contributed by atoms with Gasteiger partial charge in [0.05, 0.1) is 0 Å². The van der Waals surface area contributed by atoms with Gasteiger partial charge in [-0.3, -0.25) is 0 Å². The topological polar surface area (TPSA) is 52.0 Å². The fourth-order valence-corrected chi connectivity index (χ4v) is 11.3. The Labute approximate surface area is 427 Å². The van der Waals surface area contributed by atoms with E-state index in [1.54, 1.807) is 0 Å². The zero-order chi connectivity index (χ0) is 49.0. The van der Waals surface area contributed by atoms with Gasteiger partial charge in [-0.15, -0.1) is 0 Å². The van der Waals surface area contributed by atoms with Crippen molar-refractivity contribution in [3.8, 4) is 0 Å². The number of hydrogen-bond donors (Lipinski definition) is 2. The summed E-state index contributed by atoms with van der Waals surface area (Å²) < 4.78 is 0. The smallest absolute Gasteiger partial charge is 0.0316 e. The van der Waals surface area contributed by atoms with Crippen LogP contribution in [0.2, 0.25) is 0 Å². The van der Waals surface area contributed by atoms with Crippen LogP contribution in [0.3, 0.4) is 0 Å². The van der Waals surface area contributed by atoms with Crippen molar-refractivity contribution in [3.05, 3.63) is 129 Å². The average Bonchev–Trinajstić information content (AvgIpc) is 3.35. The third kappa shape index (κ3) is 24.9. The fraction of sp³-hybridized carbons (Fsp3) is 0.642. The Morgan fingerprint density at radius 3 is 0.841 bits per heavy atom. The summed E-state index contributed by atoms with van der Waals surface area (Å²) in [6, 6.07) is 32.5. The predicted octanol–water partition coefficient (Wildman–Crippen LogP) is 21.2. The minimum atomic E-state index is 0.461. The second kappa shape index (κ2) is 37.3. The van der Waals surface area contributed by atoms with Gasteiger partial charge in [-0.05, 0) is 121 Å². The molecule has 2 nitrogen and oxygen atoms in total. The summed E-state index contributed by atoms with van der Waals surface area (Å²) in [7, 11) is 0. The summed E-state index contributed by atoms with van der Waals surface area (Å²) >= 11 is 0. The number of hydrogen-bond acceptors (Lipinski definition) is 2. The minimum absolute atomic E-state index is 0.461. The first-order valence-electron chi connectivity index (χ1n) is 29.8. The van der Waals surface area contributed by atoms with E-state index in [9.17, 15) is 0 Å². The van der Waals surface area contributed by atoms with Crippen molar-refractivity contribution in [1.82, 2.24) is 0 Å². The van der Waals surface area contributed by atoms with Gasteiger partial charge in [0.25, 0.3) is 0 Å². The number of nitrogens with two attached hydrogens (primary N) is 2. The van der Waals surface area contributed by atoms with E-state index in [2.05, 4.69) is 113 Å². The lowest BCUT2D eigenvalue weighted by atomic mass is 9.84. The maximum atomic E-state index is 6.17. The molecule has 0 aliphatic heterocycles. The van der Waals surface area contributed by atoms with E-state index in [-0.39, 0.29) is 0 Å². The summed E-state index contributed by atoms with van der Waals surface area (Å²) in [4.78, 5) is 0. The average molecular weight is 940 g/mol. The monoisotopic (exact) mass is 939 g/mol. The molecule has 0 spiro atoms. The molecule has 384 valence electrons. The number of nitrogen functional groups attached to an aromatic ring is 2. The number of rotatable bonds is 42. The van der Waals surface area contributed by atoms with E-state index in [1.165, 1.54) is 282 Å². The van der Waals surface area contributed by atoms with Crippen molar-refractivity contribution < 1.29 is 0 Å². The van der Waals surface area contributed by atoms with Crippen LogP contribution in [0.15, 0.2) is 84.9 Å². The Morgan fingerprint density at radius 1 is 0.304 bits per heavy atom. The molecule has 0 saturated carbocycles. The van der Waals surface area contributed by atoms with Gasteiger partial charge < -0.3 is 11.5 Å².